The summed E-state index contributed by atoms with van der Waals surface area (Å²) in [6.45, 7) is 5.67. The summed E-state index contributed by atoms with van der Waals surface area (Å²) < 4.78 is 3.15. The van der Waals surface area contributed by atoms with Gasteiger partial charge in [0.1, 0.15) is 16.5 Å². The van der Waals surface area contributed by atoms with E-state index in [2.05, 4.69) is 25.3 Å². The second-order valence-electron chi connectivity index (χ2n) is 4.68. The van der Waals surface area contributed by atoms with E-state index in [1.165, 1.54) is 18.1 Å². The summed E-state index contributed by atoms with van der Waals surface area (Å²) in [5.74, 6) is 0.405. The lowest BCUT2D eigenvalue weighted by Crippen LogP contribution is -2.19. The molecule has 8 nitrogen and oxygen atoms in total. The standard InChI is InChI=1S/C11H12ClN7OS/c1-5(2)18-10(20)16-17-11(18)21-8-6(3)7(12)15-9-13-4-14-19(8)9/h4-5H,1-3H3,(H,16,20). The van der Waals surface area contributed by atoms with Gasteiger partial charge in [0.25, 0.3) is 5.78 Å². The van der Waals surface area contributed by atoms with Crippen LogP contribution in [-0.2, 0) is 0 Å². The van der Waals surface area contributed by atoms with Crippen LogP contribution in [0.15, 0.2) is 21.3 Å². The third kappa shape index (κ3) is 2.32. The number of hydrogen-bond acceptors (Lipinski definition) is 6. The molecule has 0 saturated carbocycles. The SMILES string of the molecule is Cc1c(Cl)nc2ncnn2c1Sc1n[nH]c(=O)n1C(C)C. The minimum absolute atomic E-state index is 0.0115. The van der Waals surface area contributed by atoms with Gasteiger partial charge in [-0.05, 0) is 32.5 Å². The first-order valence-electron chi connectivity index (χ1n) is 6.19. The molecular weight excluding hydrogens is 314 g/mol. The predicted molar refractivity (Wildman–Crippen MR) is 77.9 cm³/mol. The summed E-state index contributed by atoms with van der Waals surface area (Å²) in [6, 6.07) is -0.0115. The van der Waals surface area contributed by atoms with Gasteiger partial charge in [-0.3, -0.25) is 4.57 Å². The van der Waals surface area contributed by atoms with Gasteiger partial charge in [-0.25, -0.2) is 9.89 Å². The summed E-state index contributed by atoms with van der Waals surface area (Å²) in [4.78, 5) is 20.0. The quantitative estimate of drug-likeness (QED) is 0.737. The van der Waals surface area contributed by atoms with E-state index in [1.807, 2.05) is 20.8 Å². The van der Waals surface area contributed by atoms with Crippen LogP contribution in [0.25, 0.3) is 5.78 Å². The molecule has 0 radical (unpaired) electrons. The maximum absolute atomic E-state index is 11.8. The number of H-pyrrole nitrogens is 1. The Kier molecular flexibility index (Phi) is 3.46. The summed E-state index contributed by atoms with van der Waals surface area (Å²) in [6.07, 6.45) is 1.40. The van der Waals surface area contributed by atoms with Crippen LogP contribution in [0, 0.1) is 6.92 Å². The molecule has 10 heteroatoms. The molecule has 3 heterocycles. The maximum atomic E-state index is 11.8. The van der Waals surface area contributed by atoms with Crippen molar-refractivity contribution in [3.8, 4) is 0 Å². The van der Waals surface area contributed by atoms with Crippen molar-refractivity contribution >= 4 is 29.1 Å². The van der Waals surface area contributed by atoms with E-state index in [0.29, 0.717) is 16.1 Å². The average Bonchev–Trinajstić information content (AvgIpc) is 3.01. The van der Waals surface area contributed by atoms with Gasteiger partial charge in [0, 0.05) is 11.6 Å². The van der Waals surface area contributed by atoms with E-state index in [-0.39, 0.29) is 11.7 Å². The van der Waals surface area contributed by atoms with E-state index < -0.39 is 0 Å². The summed E-state index contributed by atoms with van der Waals surface area (Å²) in [7, 11) is 0. The third-order valence-corrected chi connectivity index (χ3v) is 4.44. The molecular formula is C11H12ClN7OS. The summed E-state index contributed by atoms with van der Waals surface area (Å²) in [5, 5.41) is 12.3. The van der Waals surface area contributed by atoms with E-state index in [9.17, 15) is 4.79 Å². The molecule has 0 aliphatic carbocycles. The first kappa shape index (κ1) is 14.1. The molecule has 0 amide bonds. The van der Waals surface area contributed by atoms with Crippen molar-refractivity contribution in [3.63, 3.8) is 0 Å². The lowest BCUT2D eigenvalue weighted by molar-refractivity contribution is 0.533. The lowest BCUT2D eigenvalue weighted by atomic mass is 10.4. The molecule has 110 valence electrons. The van der Waals surface area contributed by atoms with E-state index in [1.54, 1.807) is 9.08 Å². The zero-order chi connectivity index (χ0) is 15.1. The molecule has 3 aromatic rings. The van der Waals surface area contributed by atoms with Crippen molar-refractivity contribution in [2.75, 3.05) is 0 Å². The fourth-order valence-electron chi connectivity index (χ4n) is 1.90. The number of fused-ring (bicyclic) bond motifs is 1. The van der Waals surface area contributed by atoms with E-state index >= 15 is 0 Å². The van der Waals surface area contributed by atoms with Gasteiger partial charge < -0.3 is 0 Å². The third-order valence-electron chi connectivity index (χ3n) is 2.93. The molecule has 3 aromatic heterocycles. The number of nitrogens with one attached hydrogen (secondary N) is 1. The van der Waals surface area contributed by atoms with Crippen molar-refractivity contribution in [2.24, 2.45) is 0 Å². The summed E-state index contributed by atoms with van der Waals surface area (Å²) in [5.41, 5.74) is 0.505. The number of aromatic nitrogens is 7. The first-order valence-corrected chi connectivity index (χ1v) is 7.39. The molecule has 0 aromatic carbocycles. The zero-order valence-corrected chi connectivity index (χ0v) is 13.1. The number of nitrogens with zero attached hydrogens (tertiary/aromatic N) is 6. The first-order chi connectivity index (χ1) is 9.99. The smallest absolute Gasteiger partial charge is 0.267 e. The van der Waals surface area contributed by atoms with Crippen molar-refractivity contribution in [3.05, 3.63) is 27.5 Å². The second kappa shape index (κ2) is 5.15. The molecule has 0 aliphatic heterocycles. The topological polar surface area (TPSA) is 93.8 Å². The fourth-order valence-corrected chi connectivity index (χ4v) is 3.24. The maximum Gasteiger partial charge on any atom is 0.344 e. The van der Waals surface area contributed by atoms with Crippen molar-refractivity contribution < 1.29 is 0 Å². The van der Waals surface area contributed by atoms with Crippen LogP contribution in [0.4, 0.5) is 0 Å². The van der Waals surface area contributed by atoms with Crippen LogP contribution in [-0.4, -0.2) is 34.3 Å². The van der Waals surface area contributed by atoms with Crippen LogP contribution >= 0.6 is 23.4 Å². The molecule has 21 heavy (non-hydrogen) atoms. The molecule has 0 unspecified atom stereocenters. The summed E-state index contributed by atoms with van der Waals surface area (Å²) >= 11 is 7.42. The van der Waals surface area contributed by atoms with Crippen LogP contribution in [0.2, 0.25) is 5.15 Å². The van der Waals surface area contributed by atoms with Crippen LogP contribution in [0.1, 0.15) is 25.5 Å². The van der Waals surface area contributed by atoms with Crippen LogP contribution < -0.4 is 5.69 Å². The zero-order valence-electron chi connectivity index (χ0n) is 11.5. The fraction of sp³-hybridized carbons (Fsp3) is 0.364. The molecule has 0 saturated heterocycles. The highest BCUT2D eigenvalue weighted by Gasteiger charge is 2.18. The molecule has 0 atom stereocenters. The van der Waals surface area contributed by atoms with Crippen LogP contribution in [0.3, 0.4) is 0 Å². The minimum Gasteiger partial charge on any atom is -0.267 e. The van der Waals surface area contributed by atoms with Crippen LogP contribution in [0.5, 0.6) is 0 Å². The molecule has 0 spiro atoms. The molecule has 3 rings (SSSR count). The Morgan fingerprint density at radius 1 is 1.43 bits per heavy atom. The van der Waals surface area contributed by atoms with Gasteiger partial charge in [0.2, 0.25) is 0 Å². The Morgan fingerprint density at radius 3 is 2.90 bits per heavy atom. The predicted octanol–water partition coefficient (Wildman–Crippen LogP) is 1.70. The normalized spacial score (nSPS) is 11.7. The number of aromatic amines is 1. The van der Waals surface area contributed by atoms with E-state index in [4.69, 9.17) is 11.6 Å². The highest BCUT2D eigenvalue weighted by molar-refractivity contribution is 7.99. The lowest BCUT2D eigenvalue weighted by Gasteiger charge is -2.11. The highest BCUT2D eigenvalue weighted by Crippen LogP contribution is 2.31. The van der Waals surface area contributed by atoms with Gasteiger partial charge in [0.05, 0.1) is 0 Å². The number of hydrogen-bond donors (Lipinski definition) is 1. The Hall–Kier alpha value is -1.87. The van der Waals surface area contributed by atoms with Crippen molar-refractivity contribution in [2.45, 2.75) is 37.0 Å². The molecule has 0 aliphatic rings. The number of rotatable bonds is 3. The highest BCUT2D eigenvalue weighted by atomic mass is 35.5. The van der Waals surface area contributed by atoms with E-state index in [0.717, 1.165) is 10.6 Å². The molecule has 0 bridgehead atoms. The monoisotopic (exact) mass is 325 g/mol. The van der Waals surface area contributed by atoms with Crippen molar-refractivity contribution in [1.29, 1.82) is 0 Å². The van der Waals surface area contributed by atoms with Gasteiger partial charge in [-0.1, -0.05) is 11.6 Å². The largest absolute Gasteiger partial charge is 0.344 e. The Morgan fingerprint density at radius 2 is 2.19 bits per heavy atom. The van der Waals surface area contributed by atoms with Gasteiger partial charge in [-0.2, -0.15) is 19.6 Å². The minimum atomic E-state index is -0.250. The Labute approximate surface area is 128 Å². The Bertz CT molecular complexity index is 865. The second-order valence-corrected chi connectivity index (χ2v) is 6.00. The Balaban J connectivity index is 2.17. The average molecular weight is 326 g/mol. The number of halogens is 1. The molecule has 1 N–H and O–H groups in total. The van der Waals surface area contributed by atoms with Crippen molar-refractivity contribution in [1.82, 2.24) is 34.3 Å². The van der Waals surface area contributed by atoms with Gasteiger partial charge in [0.15, 0.2) is 5.16 Å². The van der Waals surface area contributed by atoms with Gasteiger partial charge in [-0.15, -0.1) is 5.10 Å². The molecule has 0 fully saturated rings. The van der Waals surface area contributed by atoms with Gasteiger partial charge >= 0.3 is 5.69 Å².